The summed E-state index contributed by atoms with van der Waals surface area (Å²) in [5.74, 6) is -4.60. The van der Waals surface area contributed by atoms with E-state index in [1.165, 1.54) is 18.2 Å². The Hall–Kier alpha value is -1.39. The highest BCUT2D eigenvalue weighted by molar-refractivity contribution is 5.61. The Kier molecular flexibility index (Phi) is 2.88. The van der Waals surface area contributed by atoms with E-state index in [2.05, 4.69) is 0 Å². The van der Waals surface area contributed by atoms with Crippen molar-refractivity contribution in [2.75, 3.05) is 0 Å². The lowest BCUT2D eigenvalue weighted by Crippen LogP contribution is -2.09. The molecule has 0 radical (unpaired) electrons. The molecule has 1 rings (SSSR count). The van der Waals surface area contributed by atoms with Crippen molar-refractivity contribution in [1.82, 2.24) is 0 Å². The first-order chi connectivity index (χ1) is 6.43. The normalized spacial score (nSPS) is 13.8. The van der Waals surface area contributed by atoms with Gasteiger partial charge in [-0.3, -0.25) is 0 Å². The third-order valence-electron chi connectivity index (χ3n) is 1.47. The number of halogens is 5. The Bertz CT molecular complexity index is 336. The van der Waals surface area contributed by atoms with Gasteiger partial charge in [-0.15, -0.1) is 0 Å². The van der Waals surface area contributed by atoms with E-state index in [9.17, 15) is 22.0 Å². The molecule has 0 spiro atoms. The third-order valence-corrected chi connectivity index (χ3v) is 1.47. The minimum Gasteiger partial charge on any atom is -0.203 e. The molecule has 14 heavy (non-hydrogen) atoms. The molecule has 1 aromatic carbocycles. The zero-order chi connectivity index (χ0) is 10.8. The van der Waals surface area contributed by atoms with Gasteiger partial charge in [0, 0.05) is 5.56 Å². The van der Waals surface area contributed by atoms with Crippen molar-refractivity contribution in [3.63, 3.8) is 0 Å². The molecule has 0 fully saturated rings. The molecule has 0 aliphatic rings. The van der Waals surface area contributed by atoms with Gasteiger partial charge < -0.3 is 0 Å². The number of rotatable bonds is 1. The summed E-state index contributed by atoms with van der Waals surface area (Å²) < 4.78 is 60.3. The topological polar surface area (TPSA) is 0 Å². The molecule has 0 saturated carbocycles. The van der Waals surface area contributed by atoms with Gasteiger partial charge in [-0.2, -0.15) is 17.6 Å². The minimum atomic E-state index is -5.28. The molecule has 0 N–H and O–H groups in total. The van der Waals surface area contributed by atoms with Crippen LogP contribution < -0.4 is 0 Å². The van der Waals surface area contributed by atoms with Crippen molar-refractivity contribution in [1.29, 1.82) is 0 Å². The lowest BCUT2D eigenvalue weighted by atomic mass is 10.2. The number of allylic oxidation sites excluding steroid dienone is 1. The molecule has 0 unspecified atom stereocenters. The van der Waals surface area contributed by atoms with E-state index >= 15 is 0 Å². The fraction of sp³-hybridized carbons (Fsp3) is 0.111. The molecule has 0 atom stereocenters. The molecule has 0 saturated heterocycles. The minimum absolute atomic E-state index is 0.428. The van der Waals surface area contributed by atoms with Crippen LogP contribution in [0.2, 0.25) is 0 Å². The summed E-state index contributed by atoms with van der Waals surface area (Å²) in [4.78, 5) is 0. The quantitative estimate of drug-likeness (QED) is 0.615. The highest BCUT2D eigenvalue weighted by Gasteiger charge is 2.38. The molecule has 0 aromatic heterocycles. The van der Waals surface area contributed by atoms with E-state index in [1.807, 2.05) is 0 Å². The summed E-state index contributed by atoms with van der Waals surface area (Å²) in [6.45, 7) is 0. The van der Waals surface area contributed by atoms with E-state index in [1.54, 1.807) is 0 Å². The summed E-state index contributed by atoms with van der Waals surface area (Å²) in [6.07, 6.45) is -5.28. The molecule has 76 valence electrons. The standard InChI is InChI=1S/C9H5F5/c10-7(8(11)9(12,13)14)6-4-2-1-3-5-6/h1-5H/b8-7+. The maximum atomic E-state index is 12.8. The van der Waals surface area contributed by atoms with Gasteiger partial charge in [-0.25, -0.2) is 4.39 Å². The Morgan fingerprint density at radius 2 is 1.43 bits per heavy atom. The lowest BCUT2D eigenvalue weighted by molar-refractivity contribution is -0.108. The van der Waals surface area contributed by atoms with Crippen LogP contribution in [0.15, 0.2) is 36.2 Å². The van der Waals surface area contributed by atoms with E-state index < -0.39 is 23.4 Å². The third kappa shape index (κ3) is 2.31. The van der Waals surface area contributed by atoms with Crippen molar-refractivity contribution in [3.05, 3.63) is 41.7 Å². The van der Waals surface area contributed by atoms with Crippen molar-refractivity contribution in [2.24, 2.45) is 0 Å². The summed E-state index contributed by atoms with van der Waals surface area (Å²) >= 11 is 0. The van der Waals surface area contributed by atoms with Crippen molar-refractivity contribution < 1.29 is 22.0 Å². The van der Waals surface area contributed by atoms with Gasteiger partial charge in [0.2, 0.25) is 5.83 Å². The lowest BCUT2D eigenvalue weighted by Gasteiger charge is -2.04. The largest absolute Gasteiger partial charge is 0.445 e. The second-order valence-corrected chi connectivity index (χ2v) is 2.49. The second kappa shape index (κ2) is 3.77. The molecular formula is C9H5F5. The van der Waals surface area contributed by atoms with Crippen LogP contribution in [-0.4, -0.2) is 6.18 Å². The van der Waals surface area contributed by atoms with Gasteiger partial charge in [0.1, 0.15) is 0 Å². The van der Waals surface area contributed by atoms with Crippen LogP contribution in [0.25, 0.3) is 5.83 Å². The maximum absolute atomic E-state index is 12.8. The maximum Gasteiger partial charge on any atom is 0.445 e. The molecule has 0 heterocycles. The first-order valence-corrected chi connectivity index (χ1v) is 3.61. The number of alkyl halides is 3. The summed E-state index contributed by atoms with van der Waals surface area (Å²) in [5.41, 5.74) is -0.428. The highest BCUT2D eigenvalue weighted by atomic mass is 19.4. The Morgan fingerprint density at radius 1 is 0.929 bits per heavy atom. The van der Waals surface area contributed by atoms with Crippen LogP contribution in [0.5, 0.6) is 0 Å². The van der Waals surface area contributed by atoms with Crippen LogP contribution in [0.4, 0.5) is 22.0 Å². The van der Waals surface area contributed by atoms with Gasteiger partial charge in [0.05, 0.1) is 0 Å². The average Bonchev–Trinajstić information content (AvgIpc) is 2.15. The van der Waals surface area contributed by atoms with Gasteiger partial charge in [-0.1, -0.05) is 30.3 Å². The fourth-order valence-electron chi connectivity index (χ4n) is 0.836. The van der Waals surface area contributed by atoms with Gasteiger partial charge >= 0.3 is 6.18 Å². The van der Waals surface area contributed by atoms with Gasteiger partial charge in [0.15, 0.2) is 5.83 Å². The predicted octanol–water partition coefficient (Wildman–Crippen LogP) is 3.86. The zero-order valence-electron chi connectivity index (χ0n) is 6.78. The fourth-order valence-corrected chi connectivity index (χ4v) is 0.836. The van der Waals surface area contributed by atoms with E-state index in [0.717, 1.165) is 12.1 Å². The summed E-state index contributed by atoms with van der Waals surface area (Å²) in [6, 6.07) is 6.24. The van der Waals surface area contributed by atoms with Gasteiger partial charge in [0.25, 0.3) is 0 Å². The summed E-state index contributed by atoms with van der Waals surface area (Å²) in [5, 5.41) is 0. The Labute approximate surface area is 76.7 Å². The van der Waals surface area contributed by atoms with E-state index in [4.69, 9.17) is 0 Å². The molecule has 0 bridgehead atoms. The highest BCUT2D eigenvalue weighted by Crippen LogP contribution is 2.33. The Morgan fingerprint density at radius 3 is 1.86 bits per heavy atom. The molecule has 0 aliphatic heterocycles. The van der Waals surface area contributed by atoms with Crippen LogP contribution in [0, 0.1) is 0 Å². The Balaban J connectivity index is 3.12. The molecular weight excluding hydrogens is 203 g/mol. The average molecular weight is 208 g/mol. The van der Waals surface area contributed by atoms with Crippen molar-refractivity contribution >= 4 is 5.83 Å². The number of benzene rings is 1. The van der Waals surface area contributed by atoms with Crippen molar-refractivity contribution in [3.8, 4) is 0 Å². The monoisotopic (exact) mass is 208 g/mol. The second-order valence-electron chi connectivity index (χ2n) is 2.49. The molecule has 5 heteroatoms. The van der Waals surface area contributed by atoms with E-state index in [0.29, 0.717) is 0 Å². The first kappa shape index (κ1) is 10.7. The van der Waals surface area contributed by atoms with Crippen LogP contribution in [-0.2, 0) is 0 Å². The van der Waals surface area contributed by atoms with Crippen molar-refractivity contribution in [2.45, 2.75) is 6.18 Å². The smallest absolute Gasteiger partial charge is 0.203 e. The van der Waals surface area contributed by atoms with E-state index in [-0.39, 0.29) is 0 Å². The summed E-state index contributed by atoms with van der Waals surface area (Å²) in [7, 11) is 0. The van der Waals surface area contributed by atoms with Crippen LogP contribution in [0.3, 0.4) is 0 Å². The zero-order valence-corrected chi connectivity index (χ0v) is 6.78. The van der Waals surface area contributed by atoms with Crippen LogP contribution >= 0.6 is 0 Å². The SMILES string of the molecule is F/C(=C(/F)C(F)(F)F)c1ccccc1. The first-order valence-electron chi connectivity index (χ1n) is 3.61. The molecule has 1 aromatic rings. The molecule has 0 aliphatic carbocycles. The van der Waals surface area contributed by atoms with Gasteiger partial charge in [-0.05, 0) is 0 Å². The number of hydrogen-bond acceptors (Lipinski definition) is 0. The predicted molar refractivity (Wildman–Crippen MR) is 41.6 cm³/mol. The molecule has 0 amide bonds. The molecule has 0 nitrogen and oxygen atoms in total. The van der Waals surface area contributed by atoms with Crippen LogP contribution in [0.1, 0.15) is 5.56 Å². The number of hydrogen-bond donors (Lipinski definition) is 0.